The summed E-state index contributed by atoms with van der Waals surface area (Å²) < 4.78 is 0. The van der Waals surface area contributed by atoms with Gasteiger partial charge in [0.1, 0.15) is 0 Å². The van der Waals surface area contributed by atoms with Crippen molar-refractivity contribution in [3.05, 3.63) is 58.3 Å². The molecule has 0 radical (unpaired) electrons. The molecule has 6 heteroatoms. The van der Waals surface area contributed by atoms with Gasteiger partial charge in [0, 0.05) is 23.4 Å². The fourth-order valence-corrected chi connectivity index (χ4v) is 4.73. The molecular weight excluding hydrogens is 384 g/mol. The molecular formula is C23H30N2O3S. The standard InChI is InChI=1S/C23H30N2O3S/c1-22(2,3)15-18(26)24-20-19(17-11-8-14-29-17)25(13-12-23(20,4)28)21(27)16-9-6-5-7-10-16/h5-11,14,19-20,28H,12-13,15H2,1-4H3,(H,24,26). The molecule has 1 aromatic carbocycles. The van der Waals surface area contributed by atoms with Crippen molar-refractivity contribution in [1.29, 1.82) is 0 Å². The van der Waals surface area contributed by atoms with Crippen LogP contribution in [0.2, 0.25) is 0 Å². The van der Waals surface area contributed by atoms with E-state index in [1.165, 1.54) is 11.3 Å². The molecule has 3 atom stereocenters. The Bertz CT molecular complexity index is 841. The number of likely N-dealkylation sites (tertiary alicyclic amines) is 1. The second-order valence-corrected chi connectivity index (χ2v) is 10.2. The van der Waals surface area contributed by atoms with Crippen molar-refractivity contribution in [2.75, 3.05) is 6.54 Å². The molecule has 1 saturated heterocycles. The van der Waals surface area contributed by atoms with Crippen molar-refractivity contribution in [2.24, 2.45) is 5.41 Å². The third kappa shape index (κ3) is 5.06. The van der Waals surface area contributed by atoms with E-state index in [4.69, 9.17) is 0 Å². The van der Waals surface area contributed by atoms with Gasteiger partial charge in [0.05, 0.1) is 17.7 Å². The molecule has 2 heterocycles. The fraction of sp³-hybridized carbons (Fsp3) is 0.478. The maximum atomic E-state index is 13.3. The number of aliphatic hydroxyl groups is 1. The van der Waals surface area contributed by atoms with Crippen molar-refractivity contribution in [1.82, 2.24) is 10.2 Å². The molecule has 2 amide bonds. The Morgan fingerprint density at radius 2 is 1.90 bits per heavy atom. The van der Waals surface area contributed by atoms with Gasteiger partial charge >= 0.3 is 0 Å². The lowest BCUT2D eigenvalue weighted by atomic mass is 9.81. The summed E-state index contributed by atoms with van der Waals surface area (Å²) in [7, 11) is 0. The Balaban J connectivity index is 1.96. The van der Waals surface area contributed by atoms with Crippen LogP contribution in [0, 0.1) is 5.41 Å². The van der Waals surface area contributed by atoms with E-state index in [0.29, 0.717) is 24.9 Å². The summed E-state index contributed by atoms with van der Waals surface area (Å²) in [5.74, 6) is -0.201. The topological polar surface area (TPSA) is 69.6 Å². The molecule has 2 aromatic rings. The minimum atomic E-state index is -1.12. The summed E-state index contributed by atoms with van der Waals surface area (Å²) in [4.78, 5) is 28.8. The van der Waals surface area contributed by atoms with Gasteiger partial charge in [-0.1, -0.05) is 45.0 Å². The number of carbonyl (C=O) groups is 2. The third-order valence-electron chi connectivity index (χ3n) is 5.30. The van der Waals surface area contributed by atoms with E-state index in [1.54, 1.807) is 24.0 Å². The third-order valence-corrected chi connectivity index (χ3v) is 6.25. The number of benzene rings is 1. The lowest BCUT2D eigenvalue weighted by Gasteiger charge is -2.48. The van der Waals surface area contributed by atoms with E-state index in [2.05, 4.69) is 5.32 Å². The van der Waals surface area contributed by atoms with Gasteiger partial charge in [-0.25, -0.2) is 0 Å². The molecule has 0 spiro atoms. The van der Waals surface area contributed by atoms with Gasteiger partial charge in [-0.05, 0) is 42.3 Å². The van der Waals surface area contributed by atoms with E-state index < -0.39 is 17.7 Å². The molecule has 1 aliphatic rings. The molecule has 3 rings (SSSR count). The van der Waals surface area contributed by atoms with Crippen LogP contribution in [-0.4, -0.2) is 40.0 Å². The monoisotopic (exact) mass is 414 g/mol. The number of nitrogens with one attached hydrogen (secondary N) is 1. The van der Waals surface area contributed by atoms with Crippen LogP contribution in [0.5, 0.6) is 0 Å². The highest BCUT2D eigenvalue weighted by atomic mass is 32.1. The normalized spacial score (nSPS) is 24.9. The molecule has 0 bridgehead atoms. The van der Waals surface area contributed by atoms with Crippen molar-refractivity contribution < 1.29 is 14.7 Å². The zero-order valence-electron chi connectivity index (χ0n) is 17.5. The van der Waals surface area contributed by atoms with Crippen LogP contribution in [-0.2, 0) is 4.79 Å². The van der Waals surface area contributed by atoms with Gasteiger partial charge in [0.15, 0.2) is 0 Å². The quantitative estimate of drug-likeness (QED) is 0.794. The molecule has 156 valence electrons. The number of hydrogen-bond acceptors (Lipinski definition) is 4. The first-order valence-electron chi connectivity index (χ1n) is 10.00. The number of piperidine rings is 1. The molecule has 3 unspecified atom stereocenters. The van der Waals surface area contributed by atoms with E-state index >= 15 is 0 Å². The lowest BCUT2D eigenvalue weighted by molar-refractivity contribution is -0.129. The van der Waals surface area contributed by atoms with Crippen molar-refractivity contribution >= 4 is 23.2 Å². The molecule has 0 aliphatic carbocycles. The van der Waals surface area contributed by atoms with E-state index in [1.807, 2.05) is 56.5 Å². The van der Waals surface area contributed by atoms with Crippen LogP contribution in [0.4, 0.5) is 0 Å². The summed E-state index contributed by atoms with van der Waals surface area (Å²) >= 11 is 1.53. The summed E-state index contributed by atoms with van der Waals surface area (Å²) in [5.41, 5.74) is -0.673. The summed E-state index contributed by atoms with van der Waals surface area (Å²) in [5, 5.41) is 16.2. The van der Waals surface area contributed by atoms with Gasteiger partial charge in [-0.15, -0.1) is 11.3 Å². The van der Waals surface area contributed by atoms with Gasteiger partial charge in [-0.2, -0.15) is 0 Å². The first-order valence-corrected chi connectivity index (χ1v) is 10.9. The largest absolute Gasteiger partial charge is 0.388 e. The molecule has 1 fully saturated rings. The zero-order chi connectivity index (χ0) is 21.2. The SMILES string of the molecule is CC(C)(C)CC(=O)NC1C(c2cccs2)N(C(=O)c2ccccc2)CCC1(C)O. The summed E-state index contributed by atoms with van der Waals surface area (Å²) in [6, 6.07) is 12.1. The van der Waals surface area contributed by atoms with Crippen molar-refractivity contribution in [3.63, 3.8) is 0 Å². The number of rotatable bonds is 4. The Kier molecular flexibility index (Phi) is 6.15. The van der Waals surface area contributed by atoms with Crippen LogP contribution in [0.1, 0.15) is 61.8 Å². The predicted molar refractivity (Wildman–Crippen MR) is 116 cm³/mol. The Hall–Kier alpha value is -2.18. The minimum Gasteiger partial charge on any atom is -0.388 e. The highest BCUT2D eigenvalue weighted by Crippen LogP contribution is 2.39. The first kappa shape index (κ1) is 21.5. The predicted octanol–water partition coefficient (Wildman–Crippen LogP) is 4.01. The Morgan fingerprint density at radius 3 is 2.48 bits per heavy atom. The van der Waals surface area contributed by atoms with Crippen LogP contribution in [0.25, 0.3) is 0 Å². The first-order chi connectivity index (χ1) is 13.6. The summed E-state index contributed by atoms with van der Waals surface area (Å²) in [6.45, 7) is 8.20. The van der Waals surface area contributed by atoms with Crippen LogP contribution in [0.15, 0.2) is 47.8 Å². The average molecular weight is 415 g/mol. The number of amides is 2. The average Bonchev–Trinajstić information content (AvgIpc) is 3.16. The van der Waals surface area contributed by atoms with Crippen molar-refractivity contribution in [2.45, 2.75) is 58.2 Å². The molecule has 5 nitrogen and oxygen atoms in total. The van der Waals surface area contributed by atoms with E-state index in [9.17, 15) is 14.7 Å². The van der Waals surface area contributed by atoms with Crippen LogP contribution >= 0.6 is 11.3 Å². The van der Waals surface area contributed by atoms with Gasteiger partial charge < -0.3 is 15.3 Å². The fourth-order valence-electron chi connectivity index (χ4n) is 3.85. The molecule has 0 saturated carbocycles. The lowest BCUT2D eigenvalue weighted by Crippen LogP contribution is -2.63. The number of carbonyl (C=O) groups excluding carboxylic acids is 2. The maximum Gasteiger partial charge on any atom is 0.254 e. The molecule has 1 aliphatic heterocycles. The second kappa shape index (κ2) is 8.28. The molecule has 1 aromatic heterocycles. The number of nitrogens with zero attached hydrogens (tertiary/aromatic N) is 1. The minimum absolute atomic E-state index is 0.0884. The molecule has 2 N–H and O–H groups in total. The number of hydrogen-bond donors (Lipinski definition) is 2. The number of thiophene rings is 1. The zero-order valence-corrected chi connectivity index (χ0v) is 18.3. The Morgan fingerprint density at radius 1 is 1.21 bits per heavy atom. The van der Waals surface area contributed by atoms with Crippen molar-refractivity contribution in [3.8, 4) is 0 Å². The van der Waals surface area contributed by atoms with Crippen LogP contribution < -0.4 is 5.32 Å². The highest BCUT2D eigenvalue weighted by Gasteiger charge is 2.48. The Labute approximate surface area is 176 Å². The van der Waals surface area contributed by atoms with E-state index in [0.717, 1.165) is 4.88 Å². The highest BCUT2D eigenvalue weighted by molar-refractivity contribution is 7.10. The van der Waals surface area contributed by atoms with Crippen LogP contribution in [0.3, 0.4) is 0 Å². The van der Waals surface area contributed by atoms with Gasteiger partial charge in [-0.3, -0.25) is 9.59 Å². The van der Waals surface area contributed by atoms with E-state index in [-0.39, 0.29) is 17.2 Å². The molecule has 29 heavy (non-hydrogen) atoms. The second-order valence-electron chi connectivity index (χ2n) is 9.21. The maximum absolute atomic E-state index is 13.3. The smallest absolute Gasteiger partial charge is 0.254 e. The van der Waals surface area contributed by atoms with Gasteiger partial charge in [0.25, 0.3) is 5.91 Å². The summed E-state index contributed by atoms with van der Waals surface area (Å²) in [6.07, 6.45) is 0.747. The van der Waals surface area contributed by atoms with Gasteiger partial charge in [0.2, 0.25) is 5.91 Å².